The number of rotatable bonds is 6. The second-order valence-electron chi connectivity index (χ2n) is 3.54. The highest BCUT2D eigenvalue weighted by Gasteiger charge is 2.13. The van der Waals surface area contributed by atoms with Crippen LogP contribution < -0.4 is 20.5 Å². The molecule has 0 heterocycles. The molecule has 7 heteroatoms. The number of ether oxygens (including phenoxy) is 2. The lowest BCUT2D eigenvalue weighted by molar-refractivity contribution is -0.121. The average molecular weight is 268 g/mol. The molecule has 1 aromatic rings. The largest absolute Gasteiger partial charge is 0.490 e. The fourth-order valence-electron chi connectivity index (χ4n) is 1.43. The summed E-state index contributed by atoms with van der Waals surface area (Å²) in [4.78, 5) is 21.7. The number of aliphatic hydroxyl groups is 1. The molecule has 0 radical (unpaired) electrons. The number of carbonyl (C=O) groups is 2. The van der Waals surface area contributed by atoms with E-state index in [2.05, 4.69) is 0 Å². The van der Waals surface area contributed by atoms with Gasteiger partial charge < -0.3 is 20.3 Å². The fraction of sp³-hybridized carbons (Fsp3) is 0.333. The van der Waals surface area contributed by atoms with E-state index in [1.165, 1.54) is 0 Å². The van der Waals surface area contributed by atoms with Crippen molar-refractivity contribution in [2.75, 3.05) is 13.2 Å². The van der Waals surface area contributed by atoms with Crippen LogP contribution in [-0.2, 0) is 11.4 Å². The van der Waals surface area contributed by atoms with Crippen LogP contribution in [0.1, 0.15) is 12.5 Å². The van der Waals surface area contributed by atoms with Gasteiger partial charge >= 0.3 is 6.03 Å². The molecule has 1 rings (SSSR count). The highest BCUT2D eigenvalue weighted by molar-refractivity contribution is 5.94. The molecule has 0 fully saturated rings. The standard InChI is InChI=1S/C12H16N2O5/c1-2-18-9-5-3-4-8(6-15)11(9)19-7-10(16)14-12(13)17/h3-5,15H,2,6-7H2,1H3,(H3,13,14,16,17). The van der Waals surface area contributed by atoms with Crippen LogP contribution in [0.5, 0.6) is 11.5 Å². The van der Waals surface area contributed by atoms with E-state index >= 15 is 0 Å². The highest BCUT2D eigenvalue weighted by Crippen LogP contribution is 2.31. The lowest BCUT2D eigenvalue weighted by Gasteiger charge is -2.14. The first-order valence-corrected chi connectivity index (χ1v) is 5.66. The summed E-state index contributed by atoms with van der Waals surface area (Å²) in [7, 11) is 0. The van der Waals surface area contributed by atoms with Gasteiger partial charge in [0.05, 0.1) is 13.2 Å². The van der Waals surface area contributed by atoms with Crippen LogP contribution in [0.15, 0.2) is 18.2 Å². The summed E-state index contributed by atoms with van der Waals surface area (Å²) >= 11 is 0. The first-order chi connectivity index (χ1) is 9.08. The molecule has 0 atom stereocenters. The Bertz CT molecular complexity index is 461. The van der Waals surface area contributed by atoms with Crippen LogP contribution in [0, 0.1) is 0 Å². The van der Waals surface area contributed by atoms with Crippen molar-refractivity contribution in [1.29, 1.82) is 0 Å². The number of carbonyl (C=O) groups excluding carboxylic acids is 2. The Balaban J connectivity index is 2.80. The van der Waals surface area contributed by atoms with Gasteiger partial charge in [0.1, 0.15) is 0 Å². The van der Waals surface area contributed by atoms with Gasteiger partial charge in [-0.05, 0) is 13.0 Å². The quantitative estimate of drug-likeness (QED) is 0.680. The van der Waals surface area contributed by atoms with Gasteiger partial charge in [0, 0.05) is 5.56 Å². The molecular formula is C12H16N2O5. The van der Waals surface area contributed by atoms with Crippen LogP contribution in [-0.4, -0.2) is 30.3 Å². The first kappa shape index (κ1) is 14.8. The number of nitrogens with two attached hydrogens (primary N) is 1. The Morgan fingerprint density at radius 3 is 2.68 bits per heavy atom. The molecule has 0 aromatic heterocycles. The molecule has 0 saturated heterocycles. The number of primary amides is 1. The monoisotopic (exact) mass is 268 g/mol. The van der Waals surface area contributed by atoms with E-state index in [4.69, 9.17) is 15.2 Å². The van der Waals surface area contributed by atoms with E-state index in [0.717, 1.165) is 0 Å². The molecule has 3 amide bonds. The maximum Gasteiger partial charge on any atom is 0.318 e. The minimum atomic E-state index is -0.950. The summed E-state index contributed by atoms with van der Waals surface area (Å²) in [6.07, 6.45) is 0. The van der Waals surface area contributed by atoms with Gasteiger partial charge in [0.25, 0.3) is 5.91 Å². The van der Waals surface area contributed by atoms with Gasteiger partial charge in [-0.3, -0.25) is 10.1 Å². The highest BCUT2D eigenvalue weighted by atomic mass is 16.5. The molecule has 0 aliphatic heterocycles. The molecule has 0 aliphatic rings. The molecule has 7 nitrogen and oxygen atoms in total. The van der Waals surface area contributed by atoms with Crippen molar-refractivity contribution < 1.29 is 24.2 Å². The summed E-state index contributed by atoms with van der Waals surface area (Å²) in [5.74, 6) is 0.00934. The smallest absolute Gasteiger partial charge is 0.318 e. The van der Waals surface area contributed by atoms with Crippen molar-refractivity contribution in [3.8, 4) is 11.5 Å². The van der Waals surface area contributed by atoms with Crippen molar-refractivity contribution in [2.45, 2.75) is 13.5 Å². The fourth-order valence-corrected chi connectivity index (χ4v) is 1.43. The Kier molecular flexibility index (Phi) is 5.62. The van der Waals surface area contributed by atoms with Crippen molar-refractivity contribution in [2.24, 2.45) is 5.73 Å². The SMILES string of the molecule is CCOc1cccc(CO)c1OCC(=O)NC(N)=O. The normalized spacial score (nSPS) is 9.79. The van der Waals surface area contributed by atoms with Gasteiger partial charge in [-0.25, -0.2) is 4.79 Å². The van der Waals surface area contributed by atoms with Crippen LogP contribution in [0.4, 0.5) is 4.79 Å². The Morgan fingerprint density at radius 2 is 2.11 bits per heavy atom. The van der Waals surface area contributed by atoms with Crippen molar-refractivity contribution in [3.63, 3.8) is 0 Å². The molecule has 0 spiro atoms. The summed E-state index contributed by atoms with van der Waals surface area (Å²) in [6, 6.07) is 4.05. The summed E-state index contributed by atoms with van der Waals surface area (Å²) < 4.78 is 10.6. The third kappa shape index (κ3) is 4.47. The van der Waals surface area contributed by atoms with Crippen molar-refractivity contribution in [1.82, 2.24) is 5.32 Å². The molecule has 104 valence electrons. The van der Waals surface area contributed by atoms with Crippen molar-refractivity contribution >= 4 is 11.9 Å². The lowest BCUT2D eigenvalue weighted by atomic mass is 10.2. The summed E-state index contributed by atoms with van der Waals surface area (Å²) in [6.45, 7) is 1.56. The predicted octanol–water partition coefficient (Wildman–Crippen LogP) is 0.151. The third-order valence-corrected chi connectivity index (χ3v) is 2.14. The predicted molar refractivity (Wildman–Crippen MR) is 66.8 cm³/mol. The number of aliphatic hydroxyl groups excluding tert-OH is 1. The minimum absolute atomic E-state index is 0.256. The first-order valence-electron chi connectivity index (χ1n) is 5.66. The minimum Gasteiger partial charge on any atom is -0.490 e. The molecule has 0 bridgehead atoms. The van der Waals surface area contributed by atoms with Crippen LogP contribution >= 0.6 is 0 Å². The zero-order chi connectivity index (χ0) is 14.3. The van der Waals surface area contributed by atoms with Gasteiger partial charge in [-0.15, -0.1) is 0 Å². The Labute approximate surface area is 110 Å². The summed E-state index contributed by atoms with van der Waals surface area (Å²) in [5, 5.41) is 11.1. The molecule has 4 N–H and O–H groups in total. The topological polar surface area (TPSA) is 111 Å². The summed E-state index contributed by atoms with van der Waals surface area (Å²) in [5.41, 5.74) is 5.29. The van der Waals surface area contributed by atoms with E-state index in [9.17, 15) is 14.7 Å². The molecule has 0 saturated carbocycles. The van der Waals surface area contributed by atoms with Crippen LogP contribution in [0.25, 0.3) is 0 Å². The number of hydrogen-bond donors (Lipinski definition) is 3. The van der Waals surface area contributed by atoms with Gasteiger partial charge in [-0.2, -0.15) is 0 Å². The van der Waals surface area contributed by atoms with Gasteiger partial charge in [-0.1, -0.05) is 12.1 Å². The number of nitrogens with one attached hydrogen (secondary N) is 1. The van der Waals surface area contributed by atoms with E-state index in [1.54, 1.807) is 25.1 Å². The Morgan fingerprint density at radius 1 is 1.37 bits per heavy atom. The number of benzene rings is 1. The van der Waals surface area contributed by atoms with E-state index in [1.807, 2.05) is 5.32 Å². The molecular weight excluding hydrogens is 252 g/mol. The Hall–Kier alpha value is -2.28. The number of hydrogen-bond acceptors (Lipinski definition) is 5. The van der Waals surface area contributed by atoms with Crippen LogP contribution in [0.2, 0.25) is 0 Å². The molecule has 0 unspecified atom stereocenters. The van der Waals surface area contributed by atoms with Crippen molar-refractivity contribution in [3.05, 3.63) is 23.8 Å². The zero-order valence-electron chi connectivity index (χ0n) is 10.5. The average Bonchev–Trinajstić information content (AvgIpc) is 2.36. The number of para-hydroxylation sites is 1. The molecule has 19 heavy (non-hydrogen) atoms. The maximum absolute atomic E-state index is 11.3. The zero-order valence-corrected chi connectivity index (χ0v) is 10.5. The van der Waals surface area contributed by atoms with Gasteiger partial charge in [0.15, 0.2) is 18.1 Å². The molecule has 1 aromatic carbocycles. The maximum atomic E-state index is 11.3. The lowest BCUT2D eigenvalue weighted by Crippen LogP contribution is -2.38. The van der Waals surface area contributed by atoms with E-state index in [0.29, 0.717) is 17.9 Å². The number of imide groups is 1. The number of urea groups is 1. The van der Waals surface area contributed by atoms with Crippen LogP contribution in [0.3, 0.4) is 0 Å². The van der Waals surface area contributed by atoms with E-state index in [-0.39, 0.29) is 12.4 Å². The number of amides is 3. The van der Waals surface area contributed by atoms with Gasteiger partial charge in [0.2, 0.25) is 0 Å². The third-order valence-electron chi connectivity index (χ3n) is 2.14. The van der Waals surface area contributed by atoms with E-state index < -0.39 is 18.5 Å². The molecule has 0 aliphatic carbocycles. The second-order valence-corrected chi connectivity index (χ2v) is 3.54. The second kappa shape index (κ2) is 7.22.